The monoisotopic (exact) mass is 224 g/mol. The van der Waals surface area contributed by atoms with Crippen LogP contribution in [-0.4, -0.2) is 11.2 Å². The van der Waals surface area contributed by atoms with Gasteiger partial charge in [0.2, 0.25) is 0 Å². The molecule has 0 saturated heterocycles. The molecule has 1 aliphatic rings. The molecule has 1 N–H and O–H groups in total. The molecule has 1 unspecified atom stereocenters. The van der Waals surface area contributed by atoms with Gasteiger partial charge in [0.05, 0.1) is 6.10 Å². The molecule has 2 rings (SSSR count). The Labute approximate surface area is 93.4 Å². The first kappa shape index (κ1) is 11.3. The largest absolute Gasteiger partial charge is 0.389 e. The lowest BCUT2D eigenvalue weighted by molar-refractivity contribution is 0.202. The standard InChI is InChI=1S/C13H14F2O/c14-11-5-10(6-12(15)8-11)4-9-2-1-3-13(16)7-9/h5-8,13,16H,1-4H2. The highest BCUT2D eigenvalue weighted by molar-refractivity contribution is 5.25. The van der Waals surface area contributed by atoms with Crippen molar-refractivity contribution in [3.63, 3.8) is 0 Å². The van der Waals surface area contributed by atoms with Crippen molar-refractivity contribution in [3.8, 4) is 0 Å². The van der Waals surface area contributed by atoms with Gasteiger partial charge in [0, 0.05) is 6.07 Å². The topological polar surface area (TPSA) is 20.2 Å². The van der Waals surface area contributed by atoms with Gasteiger partial charge in [0.15, 0.2) is 0 Å². The molecule has 86 valence electrons. The fourth-order valence-corrected chi connectivity index (χ4v) is 2.10. The summed E-state index contributed by atoms with van der Waals surface area (Å²) < 4.78 is 25.9. The summed E-state index contributed by atoms with van der Waals surface area (Å²) in [4.78, 5) is 0. The van der Waals surface area contributed by atoms with Crippen molar-refractivity contribution in [3.05, 3.63) is 47.0 Å². The molecule has 0 bridgehead atoms. The Morgan fingerprint density at radius 2 is 1.88 bits per heavy atom. The van der Waals surface area contributed by atoms with Crippen molar-refractivity contribution < 1.29 is 13.9 Å². The Kier molecular flexibility index (Phi) is 3.34. The van der Waals surface area contributed by atoms with Crippen LogP contribution in [0, 0.1) is 11.6 Å². The zero-order valence-corrected chi connectivity index (χ0v) is 8.92. The lowest BCUT2D eigenvalue weighted by atomic mass is 9.93. The number of hydrogen-bond donors (Lipinski definition) is 1. The van der Waals surface area contributed by atoms with Crippen LogP contribution in [0.25, 0.3) is 0 Å². The smallest absolute Gasteiger partial charge is 0.126 e. The summed E-state index contributed by atoms with van der Waals surface area (Å²) in [6.07, 6.45) is 4.53. The van der Waals surface area contributed by atoms with Crippen molar-refractivity contribution in [2.75, 3.05) is 0 Å². The van der Waals surface area contributed by atoms with Crippen molar-refractivity contribution in [1.82, 2.24) is 0 Å². The number of allylic oxidation sites excluding steroid dienone is 1. The Balaban J connectivity index is 2.14. The second-order valence-corrected chi connectivity index (χ2v) is 4.24. The predicted octanol–water partition coefficient (Wildman–Crippen LogP) is 2.98. The van der Waals surface area contributed by atoms with Crippen molar-refractivity contribution >= 4 is 0 Å². The van der Waals surface area contributed by atoms with Crippen molar-refractivity contribution in [1.29, 1.82) is 0 Å². The molecule has 0 saturated carbocycles. The molecule has 0 fully saturated rings. The van der Waals surface area contributed by atoms with Crippen LogP contribution in [0.5, 0.6) is 0 Å². The lowest BCUT2D eigenvalue weighted by Crippen LogP contribution is -2.10. The zero-order valence-electron chi connectivity index (χ0n) is 8.92. The molecule has 1 aliphatic carbocycles. The third-order valence-corrected chi connectivity index (χ3v) is 2.78. The fourth-order valence-electron chi connectivity index (χ4n) is 2.10. The summed E-state index contributed by atoms with van der Waals surface area (Å²) in [7, 11) is 0. The molecule has 16 heavy (non-hydrogen) atoms. The molecule has 0 spiro atoms. The molecule has 1 atom stereocenters. The summed E-state index contributed by atoms with van der Waals surface area (Å²) in [6.45, 7) is 0. The van der Waals surface area contributed by atoms with Crippen LogP contribution in [0.15, 0.2) is 29.8 Å². The van der Waals surface area contributed by atoms with E-state index in [2.05, 4.69) is 0 Å². The Hall–Kier alpha value is -1.22. The summed E-state index contributed by atoms with van der Waals surface area (Å²) >= 11 is 0. The van der Waals surface area contributed by atoms with E-state index < -0.39 is 17.7 Å². The second kappa shape index (κ2) is 4.74. The summed E-state index contributed by atoms with van der Waals surface area (Å²) in [6, 6.07) is 3.55. The van der Waals surface area contributed by atoms with Gasteiger partial charge >= 0.3 is 0 Å². The second-order valence-electron chi connectivity index (χ2n) is 4.24. The zero-order chi connectivity index (χ0) is 11.5. The minimum atomic E-state index is -0.549. The summed E-state index contributed by atoms with van der Waals surface area (Å²) in [5, 5.41) is 9.44. The number of benzene rings is 1. The normalized spacial score (nSPS) is 20.7. The number of rotatable bonds is 2. The SMILES string of the molecule is OC1C=C(Cc2cc(F)cc(F)c2)CCC1. The molecular formula is C13H14F2O. The number of aliphatic hydroxyl groups excluding tert-OH is 1. The van der Waals surface area contributed by atoms with Gasteiger partial charge in [-0.05, 0) is 43.4 Å². The molecule has 1 nitrogen and oxygen atoms in total. The first-order chi connectivity index (χ1) is 7.63. The van der Waals surface area contributed by atoms with E-state index in [1.54, 1.807) is 6.08 Å². The first-order valence-electron chi connectivity index (χ1n) is 5.46. The average molecular weight is 224 g/mol. The highest BCUT2D eigenvalue weighted by Gasteiger charge is 2.11. The van der Waals surface area contributed by atoms with Crippen LogP contribution in [0.1, 0.15) is 24.8 Å². The van der Waals surface area contributed by atoms with Crippen LogP contribution in [-0.2, 0) is 6.42 Å². The minimum Gasteiger partial charge on any atom is -0.389 e. The van der Waals surface area contributed by atoms with E-state index in [0.29, 0.717) is 12.0 Å². The Morgan fingerprint density at radius 1 is 1.19 bits per heavy atom. The van der Waals surface area contributed by atoms with E-state index in [9.17, 15) is 13.9 Å². The molecule has 1 aromatic rings. The quantitative estimate of drug-likeness (QED) is 0.766. The van der Waals surface area contributed by atoms with E-state index in [4.69, 9.17) is 0 Å². The van der Waals surface area contributed by atoms with Crippen LogP contribution in [0.3, 0.4) is 0 Å². The van der Waals surface area contributed by atoms with E-state index in [1.165, 1.54) is 12.1 Å². The van der Waals surface area contributed by atoms with E-state index in [1.807, 2.05) is 0 Å². The molecule has 0 aromatic heterocycles. The first-order valence-corrected chi connectivity index (χ1v) is 5.46. The van der Waals surface area contributed by atoms with E-state index in [0.717, 1.165) is 30.9 Å². The van der Waals surface area contributed by atoms with Crippen LogP contribution < -0.4 is 0 Å². The Bertz CT molecular complexity index is 392. The highest BCUT2D eigenvalue weighted by atomic mass is 19.1. The van der Waals surface area contributed by atoms with Gasteiger partial charge in [-0.15, -0.1) is 0 Å². The third kappa shape index (κ3) is 2.89. The molecule has 1 aromatic carbocycles. The maximum Gasteiger partial charge on any atom is 0.126 e. The van der Waals surface area contributed by atoms with Crippen molar-refractivity contribution in [2.45, 2.75) is 31.8 Å². The van der Waals surface area contributed by atoms with Gasteiger partial charge in [0.25, 0.3) is 0 Å². The van der Waals surface area contributed by atoms with Gasteiger partial charge in [-0.1, -0.05) is 11.6 Å². The van der Waals surface area contributed by atoms with Gasteiger partial charge in [-0.2, -0.15) is 0 Å². The molecule has 3 heteroatoms. The minimum absolute atomic E-state index is 0.401. The van der Waals surface area contributed by atoms with Crippen LogP contribution in [0.4, 0.5) is 8.78 Å². The van der Waals surface area contributed by atoms with Gasteiger partial charge in [-0.25, -0.2) is 8.78 Å². The van der Waals surface area contributed by atoms with Gasteiger partial charge in [0.1, 0.15) is 11.6 Å². The van der Waals surface area contributed by atoms with Crippen LogP contribution >= 0.6 is 0 Å². The van der Waals surface area contributed by atoms with Crippen molar-refractivity contribution in [2.24, 2.45) is 0 Å². The number of aliphatic hydroxyl groups is 1. The van der Waals surface area contributed by atoms with Gasteiger partial charge < -0.3 is 5.11 Å². The predicted molar refractivity (Wildman–Crippen MR) is 58.0 cm³/mol. The van der Waals surface area contributed by atoms with Gasteiger partial charge in [-0.3, -0.25) is 0 Å². The maximum absolute atomic E-state index is 13.0. The molecule has 0 radical (unpaired) electrons. The fraction of sp³-hybridized carbons (Fsp3) is 0.385. The van der Waals surface area contributed by atoms with E-state index in [-0.39, 0.29) is 0 Å². The Morgan fingerprint density at radius 3 is 2.50 bits per heavy atom. The summed E-state index contributed by atoms with van der Waals surface area (Å²) in [5.41, 5.74) is 1.68. The van der Waals surface area contributed by atoms with E-state index >= 15 is 0 Å². The average Bonchev–Trinajstić information content (AvgIpc) is 2.15. The third-order valence-electron chi connectivity index (χ3n) is 2.78. The lowest BCUT2D eigenvalue weighted by Gasteiger charge is -2.17. The van der Waals surface area contributed by atoms with Crippen LogP contribution in [0.2, 0.25) is 0 Å². The molecular weight excluding hydrogens is 210 g/mol. The maximum atomic E-state index is 13.0. The highest BCUT2D eigenvalue weighted by Crippen LogP contribution is 2.22. The molecule has 0 heterocycles. The summed E-state index contributed by atoms with van der Waals surface area (Å²) in [5.74, 6) is -1.10. The number of hydrogen-bond acceptors (Lipinski definition) is 1. The molecule has 0 amide bonds. The molecule has 0 aliphatic heterocycles. The number of halogens is 2.